The van der Waals surface area contributed by atoms with E-state index in [1.165, 1.54) is 0 Å². The molecule has 0 saturated carbocycles. The summed E-state index contributed by atoms with van der Waals surface area (Å²) in [5.74, 6) is -0.598. The summed E-state index contributed by atoms with van der Waals surface area (Å²) in [5.41, 5.74) is 1.39. The van der Waals surface area contributed by atoms with Crippen LogP contribution in [0, 0.1) is 5.92 Å². The van der Waals surface area contributed by atoms with Crippen molar-refractivity contribution in [1.29, 1.82) is 0 Å². The summed E-state index contributed by atoms with van der Waals surface area (Å²) in [6.45, 7) is 0.348. The number of hydrogen-bond acceptors (Lipinski definition) is 2. The third-order valence-corrected chi connectivity index (χ3v) is 4.00. The van der Waals surface area contributed by atoms with Gasteiger partial charge in [0.1, 0.15) is 0 Å². The van der Waals surface area contributed by atoms with E-state index in [0.717, 1.165) is 5.69 Å². The summed E-state index contributed by atoms with van der Waals surface area (Å²) >= 11 is 6.13. The molecule has 1 N–H and O–H groups in total. The second-order valence-electron chi connectivity index (χ2n) is 5.21. The van der Waals surface area contributed by atoms with Gasteiger partial charge < -0.3 is 10.2 Å². The van der Waals surface area contributed by atoms with E-state index in [9.17, 15) is 9.59 Å². The van der Waals surface area contributed by atoms with Crippen molar-refractivity contribution in [3.8, 4) is 0 Å². The SMILES string of the molecule is O=C(Nc1ccccc1)C1CC(=O)N(c2ccccc2Cl)C1. The van der Waals surface area contributed by atoms with Gasteiger partial charge in [-0.3, -0.25) is 9.59 Å². The molecule has 3 rings (SSSR count). The fraction of sp³-hybridized carbons (Fsp3) is 0.176. The summed E-state index contributed by atoms with van der Waals surface area (Å²) < 4.78 is 0. The number of nitrogens with one attached hydrogen (secondary N) is 1. The summed E-state index contributed by atoms with van der Waals surface area (Å²) in [7, 11) is 0. The van der Waals surface area contributed by atoms with Gasteiger partial charge in [-0.05, 0) is 24.3 Å². The van der Waals surface area contributed by atoms with Crippen molar-refractivity contribution < 1.29 is 9.59 Å². The molecule has 5 heteroatoms. The van der Waals surface area contributed by atoms with Crippen molar-refractivity contribution in [2.75, 3.05) is 16.8 Å². The van der Waals surface area contributed by atoms with Crippen LogP contribution in [0.3, 0.4) is 0 Å². The number of nitrogens with zero attached hydrogens (tertiary/aromatic N) is 1. The highest BCUT2D eigenvalue weighted by Crippen LogP contribution is 2.31. The van der Waals surface area contributed by atoms with Crippen molar-refractivity contribution >= 4 is 34.8 Å². The Labute approximate surface area is 133 Å². The number of halogens is 1. The fourth-order valence-corrected chi connectivity index (χ4v) is 2.79. The summed E-state index contributed by atoms with van der Waals surface area (Å²) in [5, 5.41) is 3.35. The smallest absolute Gasteiger partial charge is 0.229 e. The number of rotatable bonds is 3. The van der Waals surface area contributed by atoms with Crippen molar-refractivity contribution in [2.45, 2.75) is 6.42 Å². The van der Waals surface area contributed by atoms with Gasteiger partial charge in [-0.2, -0.15) is 0 Å². The minimum Gasteiger partial charge on any atom is -0.326 e. The molecular weight excluding hydrogens is 300 g/mol. The first-order valence-electron chi connectivity index (χ1n) is 7.06. The monoisotopic (exact) mass is 314 g/mol. The average molecular weight is 315 g/mol. The van der Waals surface area contributed by atoms with Gasteiger partial charge in [0.25, 0.3) is 0 Å². The molecule has 0 aromatic heterocycles. The molecule has 2 aromatic rings. The highest BCUT2D eigenvalue weighted by molar-refractivity contribution is 6.33. The van der Waals surface area contributed by atoms with Crippen LogP contribution >= 0.6 is 11.6 Å². The van der Waals surface area contributed by atoms with Gasteiger partial charge >= 0.3 is 0 Å². The third kappa shape index (κ3) is 2.97. The normalized spacial score (nSPS) is 17.6. The lowest BCUT2D eigenvalue weighted by Crippen LogP contribution is -2.28. The zero-order valence-electron chi connectivity index (χ0n) is 11.8. The van der Waals surface area contributed by atoms with Gasteiger partial charge in [-0.1, -0.05) is 41.9 Å². The first-order valence-corrected chi connectivity index (χ1v) is 7.44. The van der Waals surface area contributed by atoms with Gasteiger partial charge in [0.05, 0.1) is 16.6 Å². The van der Waals surface area contributed by atoms with E-state index in [0.29, 0.717) is 17.3 Å². The lowest BCUT2D eigenvalue weighted by molar-refractivity contribution is -0.122. The molecule has 4 nitrogen and oxygen atoms in total. The van der Waals surface area contributed by atoms with E-state index in [4.69, 9.17) is 11.6 Å². The largest absolute Gasteiger partial charge is 0.326 e. The molecule has 0 bridgehead atoms. The molecule has 1 aliphatic rings. The van der Waals surface area contributed by atoms with Crippen LogP contribution in [-0.2, 0) is 9.59 Å². The molecule has 0 radical (unpaired) electrons. The van der Waals surface area contributed by atoms with E-state index < -0.39 is 0 Å². The zero-order valence-corrected chi connectivity index (χ0v) is 12.6. The Morgan fingerprint density at radius 2 is 1.77 bits per heavy atom. The molecular formula is C17H15ClN2O2. The average Bonchev–Trinajstić information content (AvgIpc) is 2.91. The van der Waals surface area contributed by atoms with Crippen molar-refractivity contribution in [3.05, 3.63) is 59.6 Å². The van der Waals surface area contributed by atoms with Crippen LogP contribution in [0.25, 0.3) is 0 Å². The van der Waals surface area contributed by atoms with E-state index in [-0.39, 0.29) is 24.2 Å². The molecule has 112 valence electrons. The number of hydrogen-bond donors (Lipinski definition) is 1. The molecule has 2 aromatic carbocycles. The Bertz CT molecular complexity index is 703. The summed E-state index contributed by atoms with van der Waals surface area (Å²) in [6.07, 6.45) is 0.198. The Morgan fingerprint density at radius 3 is 2.50 bits per heavy atom. The molecule has 1 heterocycles. The molecule has 22 heavy (non-hydrogen) atoms. The van der Waals surface area contributed by atoms with Crippen LogP contribution in [0.5, 0.6) is 0 Å². The predicted molar refractivity (Wildman–Crippen MR) is 87.0 cm³/mol. The molecule has 1 unspecified atom stereocenters. The third-order valence-electron chi connectivity index (χ3n) is 3.68. The Morgan fingerprint density at radius 1 is 1.09 bits per heavy atom. The minimum atomic E-state index is -0.371. The maximum Gasteiger partial charge on any atom is 0.229 e. The summed E-state index contributed by atoms with van der Waals surface area (Å²) in [4.78, 5) is 26.1. The number of carbonyl (C=O) groups excluding carboxylic acids is 2. The molecule has 2 amide bonds. The molecule has 0 aliphatic carbocycles. The topological polar surface area (TPSA) is 49.4 Å². The van der Waals surface area contributed by atoms with E-state index in [2.05, 4.69) is 5.32 Å². The van der Waals surface area contributed by atoms with Gasteiger partial charge in [-0.25, -0.2) is 0 Å². The summed E-state index contributed by atoms with van der Waals surface area (Å²) in [6, 6.07) is 16.4. The van der Waals surface area contributed by atoms with E-state index in [1.54, 1.807) is 17.0 Å². The van der Waals surface area contributed by atoms with Crippen LogP contribution in [0.4, 0.5) is 11.4 Å². The van der Waals surface area contributed by atoms with Gasteiger partial charge in [0, 0.05) is 18.7 Å². The van der Waals surface area contributed by atoms with Crippen LogP contribution < -0.4 is 10.2 Å². The maximum atomic E-state index is 12.3. The highest BCUT2D eigenvalue weighted by atomic mass is 35.5. The van der Waals surface area contributed by atoms with Crippen molar-refractivity contribution in [3.63, 3.8) is 0 Å². The lowest BCUT2D eigenvalue weighted by Gasteiger charge is -2.18. The lowest BCUT2D eigenvalue weighted by atomic mass is 10.1. The Kier molecular flexibility index (Phi) is 4.11. The van der Waals surface area contributed by atoms with Crippen LogP contribution in [0.15, 0.2) is 54.6 Å². The molecule has 0 spiro atoms. The quantitative estimate of drug-likeness (QED) is 0.944. The van der Waals surface area contributed by atoms with E-state index in [1.807, 2.05) is 42.5 Å². The fourth-order valence-electron chi connectivity index (χ4n) is 2.55. The predicted octanol–water partition coefficient (Wildman–Crippen LogP) is 3.33. The molecule has 1 fully saturated rings. The molecule has 1 aliphatic heterocycles. The number of benzene rings is 2. The standard InChI is InChI=1S/C17H15ClN2O2/c18-14-8-4-5-9-15(14)20-11-12(10-16(20)21)17(22)19-13-6-2-1-3-7-13/h1-9,12H,10-11H2,(H,19,22). The minimum absolute atomic E-state index is 0.0821. The van der Waals surface area contributed by atoms with Gasteiger partial charge in [-0.15, -0.1) is 0 Å². The van der Waals surface area contributed by atoms with Crippen LogP contribution in [0.1, 0.15) is 6.42 Å². The highest BCUT2D eigenvalue weighted by Gasteiger charge is 2.35. The molecule has 1 atom stereocenters. The maximum absolute atomic E-state index is 12.3. The van der Waals surface area contributed by atoms with Crippen molar-refractivity contribution in [2.24, 2.45) is 5.92 Å². The number of carbonyl (C=O) groups is 2. The Hall–Kier alpha value is -2.33. The van der Waals surface area contributed by atoms with E-state index >= 15 is 0 Å². The second-order valence-corrected chi connectivity index (χ2v) is 5.62. The van der Waals surface area contributed by atoms with Crippen molar-refractivity contribution in [1.82, 2.24) is 0 Å². The number of para-hydroxylation sites is 2. The van der Waals surface area contributed by atoms with Gasteiger partial charge in [0.2, 0.25) is 11.8 Å². The zero-order chi connectivity index (χ0) is 15.5. The molecule has 1 saturated heterocycles. The van der Waals surface area contributed by atoms with Crippen LogP contribution in [-0.4, -0.2) is 18.4 Å². The first kappa shape index (κ1) is 14.6. The van der Waals surface area contributed by atoms with Crippen LogP contribution in [0.2, 0.25) is 5.02 Å². The Balaban J connectivity index is 1.72. The number of anilines is 2. The first-order chi connectivity index (χ1) is 10.6. The van der Waals surface area contributed by atoms with Gasteiger partial charge in [0.15, 0.2) is 0 Å². The second kappa shape index (κ2) is 6.20. The number of amides is 2.